The SMILES string of the molecule is CCCc1nn(C)c2c(Cl)nc(-c3cc(/C(Cl)=C\Cl)ccc3OCC)nc12. The molecule has 0 bridgehead atoms. The van der Waals surface area contributed by atoms with Crippen molar-refractivity contribution in [2.24, 2.45) is 7.05 Å². The zero-order valence-electron chi connectivity index (χ0n) is 15.3. The summed E-state index contributed by atoms with van der Waals surface area (Å²) in [5.74, 6) is 1.11. The average Bonchev–Trinajstić information content (AvgIpc) is 2.98. The van der Waals surface area contributed by atoms with Crippen molar-refractivity contribution in [1.82, 2.24) is 19.7 Å². The maximum Gasteiger partial charge on any atom is 0.165 e. The number of benzene rings is 1. The summed E-state index contributed by atoms with van der Waals surface area (Å²) in [5, 5.41) is 5.31. The zero-order valence-corrected chi connectivity index (χ0v) is 17.5. The van der Waals surface area contributed by atoms with Crippen molar-refractivity contribution in [1.29, 1.82) is 0 Å². The Balaban J connectivity index is 2.26. The van der Waals surface area contributed by atoms with Gasteiger partial charge >= 0.3 is 0 Å². The van der Waals surface area contributed by atoms with E-state index in [0.29, 0.717) is 33.9 Å². The fraction of sp³-hybridized carbons (Fsp3) is 0.316. The highest BCUT2D eigenvalue weighted by Gasteiger charge is 2.19. The van der Waals surface area contributed by atoms with E-state index < -0.39 is 0 Å². The Morgan fingerprint density at radius 1 is 1.26 bits per heavy atom. The summed E-state index contributed by atoms with van der Waals surface area (Å²) < 4.78 is 7.48. The van der Waals surface area contributed by atoms with Gasteiger partial charge < -0.3 is 4.74 Å². The third kappa shape index (κ3) is 3.91. The quantitative estimate of drug-likeness (QED) is 0.468. The predicted octanol–water partition coefficient (Wildman–Crippen LogP) is 5.81. The molecule has 0 saturated carbocycles. The molecule has 0 aliphatic rings. The second kappa shape index (κ2) is 8.46. The van der Waals surface area contributed by atoms with Crippen LogP contribution in [0.5, 0.6) is 5.75 Å². The van der Waals surface area contributed by atoms with Gasteiger partial charge in [0.1, 0.15) is 16.8 Å². The Morgan fingerprint density at radius 3 is 2.70 bits per heavy atom. The summed E-state index contributed by atoms with van der Waals surface area (Å²) in [6.45, 7) is 4.53. The Hall–Kier alpha value is -1.82. The monoisotopic (exact) mass is 424 g/mol. The van der Waals surface area contributed by atoms with E-state index in [1.165, 1.54) is 5.54 Å². The van der Waals surface area contributed by atoms with Crippen LogP contribution in [0.15, 0.2) is 23.7 Å². The molecule has 0 aliphatic heterocycles. The molecule has 0 radical (unpaired) electrons. The maximum absolute atomic E-state index is 6.48. The van der Waals surface area contributed by atoms with Crippen LogP contribution in [-0.4, -0.2) is 26.4 Å². The molecule has 3 aromatic rings. The van der Waals surface area contributed by atoms with Crippen LogP contribution < -0.4 is 4.74 Å². The van der Waals surface area contributed by atoms with Crippen molar-refractivity contribution in [3.05, 3.63) is 40.1 Å². The summed E-state index contributed by atoms with van der Waals surface area (Å²) in [5.41, 5.74) is 5.12. The lowest BCUT2D eigenvalue weighted by atomic mass is 10.1. The van der Waals surface area contributed by atoms with Gasteiger partial charge in [-0.25, -0.2) is 9.97 Å². The number of aryl methyl sites for hydroxylation is 2. The van der Waals surface area contributed by atoms with Gasteiger partial charge in [-0.2, -0.15) is 5.10 Å². The Labute approximate surface area is 172 Å². The number of hydrogen-bond acceptors (Lipinski definition) is 4. The van der Waals surface area contributed by atoms with Crippen LogP contribution in [0.1, 0.15) is 31.5 Å². The van der Waals surface area contributed by atoms with Crippen LogP contribution in [0.4, 0.5) is 0 Å². The molecule has 142 valence electrons. The van der Waals surface area contributed by atoms with Gasteiger partial charge in [0.15, 0.2) is 11.0 Å². The number of fused-ring (bicyclic) bond motifs is 1. The first-order chi connectivity index (χ1) is 13.0. The molecule has 2 aromatic heterocycles. The summed E-state index contributed by atoms with van der Waals surface area (Å²) in [6.07, 6.45) is 1.77. The molecule has 1 aromatic carbocycles. The molecule has 8 heteroatoms. The number of nitrogens with zero attached hydrogens (tertiary/aromatic N) is 4. The minimum atomic E-state index is 0.346. The van der Waals surface area contributed by atoms with E-state index in [4.69, 9.17) is 44.5 Å². The fourth-order valence-electron chi connectivity index (χ4n) is 2.92. The van der Waals surface area contributed by atoms with Crippen LogP contribution in [-0.2, 0) is 13.5 Å². The highest BCUT2D eigenvalue weighted by atomic mass is 35.5. The van der Waals surface area contributed by atoms with E-state index in [0.717, 1.165) is 35.1 Å². The highest BCUT2D eigenvalue weighted by molar-refractivity contribution is 6.52. The van der Waals surface area contributed by atoms with Crippen LogP contribution in [0.3, 0.4) is 0 Å². The minimum absolute atomic E-state index is 0.346. The molecule has 0 atom stereocenters. The molecule has 0 aliphatic carbocycles. The van der Waals surface area contributed by atoms with E-state index in [1.807, 2.05) is 32.2 Å². The third-order valence-corrected chi connectivity index (χ3v) is 5.01. The number of halogens is 3. The summed E-state index contributed by atoms with van der Waals surface area (Å²) in [7, 11) is 1.84. The molecule has 0 N–H and O–H groups in total. The second-order valence-electron chi connectivity index (χ2n) is 5.96. The summed E-state index contributed by atoms with van der Waals surface area (Å²) >= 11 is 18.4. The molecule has 3 rings (SSSR count). The Bertz CT molecular complexity index is 1010. The molecule has 5 nitrogen and oxygen atoms in total. The van der Waals surface area contributed by atoms with Crippen molar-refractivity contribution < 1.29 is 4.74 Å². The van der Waals surface area contributed by atoms with Crippen molar-refractivity contribution >= 4 is 50.9 Å². The van der Waals surface area contributed by atoms with Crippen LogP contribution in [0.25, 0.3) is 27.5 Å². The largest absolute Gasteiger partial charge is 0.493 e. The van der Waals surface area contributed by atoms with E-state index in [1.54, 1.807) is 4.68 Å². The van der Waals surface area contributed by atoms with Crippen molar-refractivity contribution in [3.8, 4) is 17.1 Å². The molecule has 0 unspecified atom stereocenters. The second-order valence-corrected chi connectivity index (χ2v) is 6.94. The van der Waals surface area contributed by atoms with Crippen LogP contribution >= 0.6 is 34.8 Å². The molecule has 0 spiro atoms. The first kappa shape index (κ1) is 19.9. The van der Waals surface area contributed by atoms with Gasteiger partial charge in [-0.1, -0.05) is 48.1 Å². The van der Waals surface area contributed by atoms with Crippen molar-refractivity contribution in [3.63, 3.8) is 0 Å². The first-order valence-electron chi connectivity index (χ1n) is 8.62. The molecule has 27 heavy (non-hydrogen) atoms. The number of hydrogen-bond donors (Lipinski definition) is 0. The standard InChI is InChI=1S/C19H19Cl3N4O/c1-4-6-14-16-17(26(3)25-14)18(22)24-19(23-16)12-9-11(13(21)10-20)7-8-15(12)27-5-2/h7-10H,4-6H2,1-3H3/b13-10+. The molecule has 0 fully saturated rings. The molecule has 2 heterocycles. The van der Waals surface area contributed by atoms with Crippen LogP contribution in [0.2, 0.25) is 5.15 Å². The lowest BCUT2D eigenvalue weighted by molar-refractivity contribution is 0.341. The van der Waals surface area contributed by atoms with Crippen molar-refractivity contribution in [2.75, 3.05) is 6.61 Å². The van der Waals surface area contributed by atoms with E-state index in [-0.39, 0.29) is 0 Å². The lowest BCUT2D eigenvalue weighted by Crippen LogP contribution is -1.99. The lowest BCUT2D eigenvalue weighted by Gasteiger charge is -2.12. The average molecular weight is 426 g/mol. The van der Waals surface area contributed by atoms with Gasteiger partial charge in [0.2, 0.25) is 0 Å². The molecular weight excluding hydrogens is 407 g/mol. The Kier molecular flexibility index (Phi) is 6.25. The van der Waals surface area contributed by atoms with Gasteiger partial charge in [-0.15, -0.1) is 0 Å². The number of ether oxygens (including phenoxy) is 1. The smallest absolute Gasteiger partial charge is 0.165 e. The van der Waals surface area contributed by atoms with Crippen LogP contribution in [0, 0.1) is 0 Å². The van der Waals surface area contributed by atoms with Gasteiger partial charge in [0.25, 0.3) is 0 Å². The maximum atomic E-state index is 6.48. The van der Waals surface area contributed by atoms with E-state index in [9.17, 15) is 0 Å². The van der Waals surface area contributed by atoms with E-state index >= 15 is 0 Å². The van der Waals surface area contributed by atoms with E-state index in [2.05, 4.69) is 17.0 Å². The summed E-state index contributed by atoms with van der Waals surface area (Å²) in [4.78, 5) is 9.25. The van der Waals surface area contributed by atoms with Gasteiger partial charge in [0, 0.05) is 12.6 Å². The molecule has 0 amide bonds. The predicted molar refractivity (Wildman–Crippen MR) is 112 cm³/mol. The molecule has 0 saturated heterocycles. The van der Waals surface area contributed by atoms with Gasteiger partial charge in [-0.3, -0.25) is 4.68 Å². The Morgan fingerprint density at radius 2 is 2.04 bits per heavy atom. The molecular formula is C19H19Cl3N4O. The number of aromatic nitrogens is 4. The normalized spacial score (nSPS) is 12.0. The van der Waals surface area contributed by atoms with Gasteiger partial charge in [-0.05, 0) is 37.1 Å². The van der Waals surface area contributed by atoms with Gasteiger partial charge in [0.05, 0.1) is 22.9 Å². The summed E-state index contributed by atoms with van der Waals surface area (Å²) in [6, 6.07) is 5.51. The zero-order chi connectivity index (χ0) is 19.6. The minimum Gasteiger partial charge on any atom is -0.493 e. The van der Waals surface area contributed by atoms with Crippen molar-refractivity contribution in [2.45, 2.75) is 26.7 Å². The number of rotatable bonds is 6. The fourth-order valence-corrected chi connectivity index (χ4v) is 3.45. The topological polar surface area (TPSA) is 52.8 Å². The third-order valence-electron chi connectivity index (χ3n) is 4.09. The highest BCUT2D eigenvalue weighted by Crippen LogP contribution is 2.35. The first-order valence-corrected chi connectivity index (χ1v) is 9.81.